The smallest absolute Gasteiger partial charge is 0.273 e. The van der Waals surface area contributed by atoms with Crippen LogP contribution in [0.1, 0.15) is 39.6 Å². The van der Waals surface area contributed by atoms with Crippen molar-refractivity contribution < 1.29 is 14.4 Å². The number of benzene rings is 1. The Kier molecular flexibility index (Phi) is 2.67. The van der Waals surface area contributed by atoms with Crippen molar-refractivity contribution in [3.63, 3.8) is 0 Å². The fourth-order valence-corrected chi connectivity index (χ4v) is 1.66. The SMILES string of the molecule is CCC(=O)NN1C(=O)c2ccc(C)cc2C1=O. The summed E-state index contributed by atoms with van der Waals surface area (Å²) in [6, 6.07) is 5.01. The average molecular weight is 232 g/mol. The fourth-order valence-electron chi connectivity index (χ4n) is 1.66. The predicted molar refractivity (Wildman–Crippen MR) is 60.1 cm³/mol. The Balaban J connectivity index is 2.35. The molecule has 1 N–H and O–H groups in total. The highest BCUT2D eigenvalue weighted by Crippen LogP contribution is 2.22. The van der Waals surface area contributed by atoms with Crippen LogP contribution in [0.5, 0.6) is 0 Å². The van der Waals surface area contributed by atoms with Crippen molar-refractivity contribution in [1.82, 2.24) is 10.4 Å². The zero-order valence-electron chi connectivity index (χ0n) is 9.61. The Morgan fingerprint density at radius 3 is 2.53 bits per heavy atom. The van der Waals surface area contributed by atoms with Gasteiger partial charge in [-0.15, -0.1) is 0 Å². The first-order chi connectivity index (χ1) is 8.04. The normalized spacial score (nSPS) is 13.9. The summed E-state index contributed by atoms with van der Waals surface area (Å²) in [5, 5.41) is 0.774. The van der Waals surface area contributed by atoms with Gasteiger partial charge in [-0.3, -0.25) is 19.8 Å². The van der Waals surface area contributed by atoms with E-state index >= 15 is 0 Å². The van der Waals surface area contributed by atoms with Crippen molar-refractivity contribution in [1.29, 1.82) is 0 Å². The molecule has 88 valence electrons. The largest absolute Gasteiger partial charge is 0.280 e. The summed E-state index contributed by atoms with van der Waals surface area (Å²) in [4.78, 5) is 35.0. The number of hydrazine groups is 1. The molecule has 1 aromatic carbocycles. The van der Waals surface area contributed by atoms with Crippen LogP contribution in [0, 0.1) is 6.92 Å². The quantitative estimate of drug-likeness (QED) is 0.774. The zero-order valence-corrected chi connectivity index (χ0v) is 9.61. The minimum absolute atomic E-state index is 0.215. The maximum absolute atomic E-state index is 11.9. The number of fused-ring (bicyclic) bond motifs is 1. The second-order valence-corrected chi connectivity index (χ2v) is 3.88. The Morgan fingerprint density at radius 2 is 1.88 bits per heavy atom. The molecule has 0 bridgehead atoms. The molecule has 17 heavy (non-hydrogen) atoms. The number of carbonyl (C=O) groups excluding carboxylic acids is 3. The number of carbonyl (C=O) groups is 3. The third-order valence-electron chi connectivity index (χ3n) is 2.60. The Bertz CT molecular complexity index is 522. The van der Waals surface area contributed by atoms with Gasteiger partial charge in [-0.1, -0.05) is 18.6 Å². The van der Waals surface area contributed by atoms with E-state index in [1.807, 2.05) is 6.92 Å². The first-order valence-electron chi connectivity index (χ1n) is 5.33. The number of hydrogen-bond donors (Lipinski definition) is 1. The van der Waals surface area contributed by atoms with Gasteiger partial charge in [-0.05, 0) is 19.1 Å². The number of amides is 3. The van der Waals surface area contributed by atoms with Crippen molar-refractivity contribution in [3.05, 3.63) is 34.9 Å². The van der Waals surface area contributed by atoms with Crippen molar-refractivity contribution in [2.45, 2.75) is 20.3 Å². The van der Waals surface area contributed by atoms with Crippen LogP contribution in [0.4, 0.5) is 0 Å². The molecule has 5 heteroatoms. The van der Waals surface area contributed by atoms with Crippen LogP contribution in [0.3, 0.4) is 0 Å². The molecule has 5 nitrogen and oxygen atoms in total. The van der Waals surface area contributed by atoms with Crippen LogP contribution in [-0.4, -0.2) is 22.7 Å². The minimum atomic E-state index is -0.480. The van der Waals surface area contributed by atoms with Crippen LogP contribution in [0.2, 0.25) is 0 Å². The molecule has 1 aromatic rings. The van der Waals surface area contributed by atoms with Gasteiger partial charge in [0.25, 0.3) is 11.8 Å². The van der Waals surface area contributed by atoms with Crippen LogP contribution >= 0.6 is 0 Å². The number of nitrogens with zero attached hydrogens (tertiary/aromatic N) is 1. The number of aryl methyl sites for hydroxylation is 1. The summed E-state index contributed by atoms with van der Waals surface area (Å²) in [6.07, 6.45) is 0.215. The van der Waals surface area contributed by atoms with Gasteiger partial charge in [0.05, 0.1) is 11.1 Å². The molecule has 1 heterocycles. The van der Waals surface area contributed by atoms with E-state index in [0.717, 1.165) is 10.6 Å². The maximum atomic E-state index is 11.9. The average Bonchev–Trinajstić information content (AvgIpc) is 2.54. The molecule has 2 rings (SSSR count). The van der Waals surface area contributed by atoms with E-state index < -0.39 is 11.8 Å². The minimum Gasteiger partial charge on any atom is -0.273 e. The van der Waals surface area contributed by atoms with Crippen LogP contribution < -0.4 is 5.43 Å². The molecule has 1 aliphatic rings. The lowest BCUT2D eigenvalue weighted by Crippen LogP contribution is -2.45. The standard InChI is InChI=1S/C12H12N2O3/c1-3-10(15)13-14-11(16)8-5-4-7(2)6-9(8)12(14)17/h4-6H,3H2,1-2H3,(H,13,15). The van der Waals surface area contributed by atoms with Gasteiger partial charge in [0, 0.05) is 6.42 Å². The second-order valence-electron chi connectivity index (χ2n) is 3.88. The lowest BCUT2D eigenvalue weighted by atomic mass is 10.1. The highest BCUT2D eigenvalue weighted by Gasteiger charge is 2.36. The van der Waals surface area contributed by atoms with Crippen LogP contribution in [0.25, 0.3) is 0 Å². The Hall–Kier alpha value is -2.17. The number of nitrogens with one attached hydrogen (secondary N) is 1. The lowest BCUT2D eigenvalue weighted by molar-refractivity contribution is -0.123. The molecule has 0 spiro atoms. The monoisotopic (exact) mass is 232 g/mol. The maximum Gasteiger partial charge on any atom is 0.280 e. The number of hydrogen-bond acceptors (Lipinski definition) is 3. The third-order valence-corrected chi connectivity index (χ3v) is 2.60. The summed E-state index contributed by atoms with van der Waals surface area (Å²) in [6.45, 7) is 3.49. The van der Waals surface area contributed by atoms with Crippen molar-refractivity contribution in [2.24, 2.45) is 0 Å². The van der Waals surface area contributed by atoms with Gasteiger partial charge in [0.1, 0.15) is 0 Å². The molecule has 3 amide bonds. The second kappa shape index (κ2) is 4.01. The molecule has 0 aliphatic carbocycles. The molecule has 0 radical (unpaired) electrons. The molecule has 1 aliphatic heterocycles. The van der Waals surface area contributed by atoms with E-state index in [9.17, 15) is 14.4 Å². The van der Waals surface area contributed by atoms with Gasteiger partial charge in [-0.2, -0.15) is 5.01 Å². The van der Waals surface area contributed by atoms with Gasteiger partial charge in [0.2, 0.25) is 5.91 Å². The topological polar surface area (TPSA) is 66.5 Å². The summed E-state index contributed by atoms with van der Waals surface area (Å²) >= 11 is 0. The molecule has 0 atom stereocenters. The van der Waals surface area contributed by atoms with Gasteiger partial charge >= 0.3 is 0 Å². The molecule has 0 aromatic heterocycles. The Morgan fingerprint density at radius 1 is 1.24 bits per heavy atom. The highest BCUT2D eigenvalue weighted by atomic mass is 16.2. The highest BCUT2D eigenvalue weighted by molar-refractivity contribution is 6.21. The number of imide groups is 1. The van der Waals surface area contributed by atoms with Crippen molar-refractivity contribution in [3.8, 4) is 0 Å². The van der Waals surface area contributed by atoms with E-state index in [1.165, 1.54) is 0 Å². The lowest BCUT2D eigenvalue weighted by Gasteiger charge is -2.13. The van der Waals surface area contributed by atoms with Crippen LogP contribution in [0.15, 0.2) is 18.2 Å². The van der Waals surface area contributed by atoms with E-state index in [-0.39, 0.29) is 12.3 Å². The molecular weight excluding hydrogens is 220 g/mol. The molecule has 0 saturated carbocycles. The third kappa shape index (κ3) is 1.80. The van der Waals surface area contributed by atoms with Crippen molar-refractivity contribution >= 4 is 17.7 Å². The zero-order chi connectivity index (χ0) is 12.6. The summed E-state index contributed by atoms with van der Waals surface area (Å²) in [5.41, 5.74) is 3.86. The van der Waals surface area contributed by atoms with Gasteiger partial charge in [0.15, 0.2) is 0 Å². The molecule has 0 fully saturated rings. The summed E-state index contributed by atoms with van der Waals surface area (Å²) in [7, 11) is 0. The summed E-state index contributed by atoms with van der Waals surface area (Å²) < 4.78 is 0. The van der Waals surface area contributed by atoms with E-state index in [2.05, 4.69) is 5.43 Å². The molecular formula is C12H12N2O3. The van der Waals surface area contributed by atoms with Gasteiger partial charge in [-0.25, -0.2) is 0 Å². The molecule has 0 saturated heterocycles. The fraction of sp³-hybridized carbons (Fsp3) is 0.250. The molecule has 0 unspecified atom stereocenters. The van der Waals surface area contributed by atoms with Gasteiger partial charge < -0.3 is 0 Å². The Labute approximate surface area is 98.4 Å². The van der Waals surface area contributed by atoms with Crippen molar-refractivity contribution in [2.75, 3.05) is 0 Å². The predicted octanol–water partition coefficient (Wildman–Crippen LogP) is 1.03. The summed E-state index contributed by atoms with van der Waals surface area (Å²) in [5.74, 6) is -1.32. The van der Waals surface area contributed by atoms with Crippen LogP contribution in [-0.2, 0) is 4.79 Å². The number of rotatable bonds is 2. The van der Waals surface area contributed by atoms with E-state index in [4.69, 9.17) is 0 Å². The first kappa shape index (κ1) is 11.3. The van der Waals surface area contributed by atoms with E-state index in [1.54, 1.807) is 25.1 Å². The first-order valence-corrected chi connectivity index (χ1v) is 5.33. The van der Waals surface area contributed by atoms with E-state index in [0.29, 0.717) is 11.1 Å².